The highest BCUT2D eigenvalue weighted by Crippen LogP contribution is 2.04. The van der Waals surface area contributed by atoms with Crippen molar-refractivity contribution in [3.8, 4) is 0 Å². The Balaban J connectivity index is 1.66. The van der Waals surface area contributed by atoms with Crippen molar-refractivity contribution in [2.45, 2.75) is 19.4 Å². The van der Waals surface area contributed by atoms with Crippen LogP contribution < -0.4 is 0 Å². The lowest BCUT2D eigenvalue weighted by Crippen LogP contribution is -2.27. The fourth-order valence-corrected chi connectivity index (χ4v) is 1.87. The zero-order valence-corrected chi connectivity index (χ0v) is 11.6. The lowest BCUT2D eigenvalue weighted by Gasteiger charge is -2.16. The van der Waals surface area contributed by atoms with Gasteiger partial charge in [-0.15, -0.1) is 0 Å². The summed E-state index contributed by atoms with van der Waals surface area (Å²) in [5, 5.41) is 0. The van der Waals surface area contributed by atoms with Gasteiger partial charge in [0.15, 0.2) is 0 Å². The van der Waals surface area contributed by atoms with Gasteiger partial charge in [0.1, 0.15) is 0 Å². The number of carbonyl (C=O) groups is 1. The molecule has 0 bridgehead atoms. The summed E-state index contributed by atoms with van der Waals surface area (Å²) >= 11 is 0. The fraction of sp³-hybridized carbons (Fsp3) is 0.333. The van der Waals surface area contributed by atoms with Crippen LogP contribution in [0, 0.1) is 0 Å². The van der Waals surface area contributed by atoms with E-state index in [-0.39, 0.29) is 6.09 Å². The molecule has 2 aromatic rings. The van der Waals surface area contributed by atoms with E-state index in [1.807, 2.05) is 36.5 Å². The first-order chi connectivity index (χ1) is 9.75. The topological polar surface area (TPSA) is 58.2 Å². The predicted molar refractivity (Wildman–Crippen MR) is 76.2 cm³/mol. The number of imidazole rings is 1. The van der Waals surface area contributed by atoms with Crippen LogP contribution in [-0.2, 0) is 17.7 Å². The number of aromatic nitrogens is 2. The molecule has 0 unspecified atom stereocenters. The van der Waals surface area contributed by atoms with Crippen LogP contribution in [0.4, 0.5) is 4.79 Å². The summed E-state index contributed by atoms with van der Waals surface area (Å²) in [6, 6.07) is 9.84. The van der Waals surface area contributed by atoms with Crippen LogP contribution in [0.5, 0.6) is 0 Å². The number of aromatic amines is 1. The number of nitrogens with one attached hydrogen (secondary N) is 1. The van der Waals surface area contributed by atoms with Crippen LogP contribution in [0.2, 0.25) is 0 Å². The number of amides is 1. The summed E-state index contributed by atoms with van der Waals surface area (Å²) in [5.41, 5.74) is 2.07. The summed E-state index contributed by atoms with van der Waals surface area (Å²) in [6.07, 6.45) is 4.78. The summed E-state index contributed by atoms with van der Waals surface area (Å²) in [5.74, 6) is 0. The molecule has 1 amide bonds. The summed E-state index contributed by atoms with van der Waals surface area (Å²) in [6.45, 7) is 0.962. The van der Waals surface area contributed by atoms with Crippen molar-refractivity contribution < 1.29 is 9.53 Å². The number of nitrogens with zero attached hydrogens (tertiary/aromatic N) is 2. The summed E-state index contributed by atoms with van der Waals surface area (Å²) in [7, 11) is 1.74. The average Bonchev–Trinajstić information content (AvgIpc) is 2.97. The van der Waals surface area contributed by atoms with Gasteiger partial charge in [-0.1, -0.05) is 30.3 Å². The molecular weight excluding hydrogens is 254 g/mol. The quantitative estimate of drug-likeness (QED) is 0.823. The van der Waals surface area contributed by atoms with Gasteiger partial charge in [-0.05, 0) is 18.4 Å². The molecule has 1 heterocycles. The molecule has 0 spiro atoms. The van der Waals surface area contributed by atoms with E-state index in [2.05, 4.69) is 9.97 Å². The third-order valence-corrected chi connectivity index (χ3v) is 2.93. The predicted octanol–water partition coefficient (Wildman–Crippen LogP) is 2.61. The largest absolute Gasteiger partial charge is 0.449 e. The highest BCUT2D eigenvalue weighted by Gasteiger charge is 2.10. The number of carbonyl (C=O) groups excluding carboxylic acids is 1. The minimum Gasteiger partial charge on any atom is -0.449 e. The number of ether oxygens (including phenoxy) is 1. The first-order valence-electron chi connectivity index (χ1n) is 6.65. The van der Waals surface area contributed by atoms with E-state index in [0.717, 1.165) is 24.1 Å². The van der Waals surface area contributed by atoms with Crippen molar-refractivity contribution in [1.82, 2.24) is 14.9 Å². The van der Waals surface area contributed by atoms with Gasteiger partial charge in [0.2, 0.25) is 0 Å². The minimum absolute atomic E-state index is 0.295. The molecule has 0 aliphatic heterocycles. The summed E-state index contributed by atoms with van der Waals surface area (Å²) < 4.78 is 5.22. The molecule has 2 rings (SSSR count). The van der Waals surface area contributed by atoms with Crippen molar-refractivity contribution in [3.63, 3.8) is 0 Å². The Morgan fingerprint density at radius 1 is 1.35 bits per heavy atom. The Morgan fingerprint density at radius 2 is 2.15 bits per heavy atom. The molecule has 0 saturated carbocycles. The van der Waals surface area contributed by atoms with Gasteiger partial charge in [-0.2, -0.15) is 0 Å². The molecule has 0 saturated heterocycles. The van der Waals surface area contributed by atoms with E-state index >= 15 is 0 Å². The van der Waals surface area contributed by atoms with E-state index in [1.165, 1.54) is 0 Å². The van der Waals surface area contributed by atoms with Crippen LogP contribution in [0.3, 0.4) is 0 Å². The molecule has 1 aromatic carbocycles. The molecule has 106 valence electrons. The van der Waals surface area contributed by atoms with E-state index in [1.54, 1.807) is 18.3 Å². The summed E-state index contributed by atoms with van der Waals surface area (Å²) in [4.78, 5) is 20.4. The molecule has 0 fully saturated rings. The van der Waals surface area contributed by atoms with Crippen molar-refractivity contribution in [2.24, 2.45) is 0 Å². The van der Waals surface area contributed by atoms with E-state index in [9.17, 15) is 4.79 Å². The minimum atomic E-state index is -0.295. The van der Waals surface area contributed by atoms with Crippen LogP contribution in [-0.4, -0.2) is 34.6 Å². The molecule has 0 radical (unpaired) electrons. The lowest BCUT2D eigenvalue weighted by molar-refractivity contribution is 0.108. The Bertz CT molecular complexity index is 511. The maximum atomic E-state index is 11.8. The van der Waals surface area contributed by atoms with Crippen LogP contribution in [0.1, 0.15) is 17.7 Å². The Hall–Kier alpha value is -2.30. The zero-order valence-electron chi connectivity index (χ0n) is 11.6. The second kappa shape index (κ2) is 7.33. The van der Waals surface area contributed by atoms with Crippen LogP contribution >= 0.6 is 0 Å². The van der Waals surface area contributed by atoms with Gasteiger partial charge in [0.25, 0.3) is 0 Å². The second-order valence-electron chi connectivity index (χ2n) is 4.62. The molecular formula is C15H19N3O2. The molecule has 5 heteroatoms. The zero-order chi connectivity index (χ0) is 14.2. The first kappa shape index (κ1) is 14.1. The molecule has 1 aromatic heterocycles. The monoisotopic (exact) mass is 273 g/mol. The fourth-order valence-electron chi connectivity index (χ4n) is 1.87. The third kappa shape index (κ3) is 4.42. The first-order valence-corrected chi connectivity index (χ1v) is 6.65. The van der Waals surface area contributed by atoms with Gasteiger partial charge in [-0.3, -0.25) is 0 Å². The van der Waals surface area contributed by atoms with Gasteiger partial charge < -0.3 is 14.6 Å². The molecule has 0 aliphatic carbocycles. The smallest absolute Gasteiger partial charge is 0.409 e. The molecule has 20 heavy (non-hydrogen) atoms. The van der Waals surface area contributed by atoms with Crippen molar-refractivity contribution in [3.05, 3.63) is 54.1 Å². The van der Waals surface area contributed by atoms with E-state index in [0.29, 0.717) is 13.2 Å². The van der Waals surface area contributed by atoms with Crippen molar-refractivity contribution >= 4 is 6.09 Å². The number of hydrogen-bond acceptors (Lipinski definition) is 3. The number of rotatable bonds is 6. The highest BCUT2D eigenvalue weighted by molar-refractivity contribution is 5.67. The Morgan fingerprint density at radius 3 is 2.85 bits per heavy atom. The van der Waals surface area contributed by atoms with E-state index in [4.69, 9.17) is 4.74 Å². The van der Waals surface area contributed by atoms with Gasteiger partial charge in [0.05, 0.1) is 18.6 Å². The molecule has 0 aliphatic rings. The number of hydrogen-bond donors (Lipinski definition) is 1. The second-order valence-corrected chi connectivity index (χ2v) is 4.62. The van der Waals surface area contributed by atoms with Crippen molar-refractivity contribution in [1.29, 1.82) is 0 Å². The Kier molecular flexibility index (Phi) is 5.17. The van der Waals surface area contributed by atoms with Crippen LogP contribution in [0.25, 0.3) is 0 Å². The number of benzene rings is 1. The number of H-pyrrole nitrogens is 1. The average molecular weight is 273 g/mol. The molecule has 1 N–H and O–H groups in total. The standard InChI is InChI=1S/C15H19N3O2/c1-18(11-13-6-3-2-4-7-13)15(19)20-9-5-8-14-10-16-12-17-14/h2-4,6-7,10,12H,5,8-9,11H2,1H3,(H,16,17). The maximum Gasteiger partial charge on any atom is 0.409 e. The normalized spacial score (nSPS) is 10.2. The van der Waals surface area contributed by atoms with Gasteiger partial charge >= 0.3 is 6.09 Å². The van der Waals surface area contributed by atoms with Crippen molar-refractivity contribution in [2.75, 3.05) is 13.7 Å². The third-order valence-electron chi connectivity index (χ3n) is 2.93. The maximum absolute atomic E-state index is 11.8. The van der Waals surface area contributed by atoms with Gasteiger partial charge in [-0.25, -0.2) is 9.78 Å². The molecule has 0 atom stereocenters. The Labute approximate surface area is 118 Å². The lowest BCUT2D eigenvalue weighted by atomic mass is 10.2. The van der Waals surface area contributed by atoms with Gasteiger partial charge in [0, 0.05) is 19.8 Å². The van der Waals surface area contributed by atoms with Crippen LogP contribution in [0.15, 0.2) is 42.9 Å². The highest BCUT2D eigenvalue weighted by atomic mass is 16.6. The SMILES string of the molecule is CN(Cc1ccccc1)C(=O)OCCCc1c[nH]cn1. The van der Waals surface area contributed by atoms with E-state index < -0.39 is 0 Å². The number of aryl methyl sites for hydroxylation is 1. The molecule has 5 nitrogen and oxygen atoms in total.